The number of aromatic amines is 1. The maximum absolute atomic E-state index is 14.1. The molecular weight excluding hydrogens is 1850 g/mol. The van der Waals surface area contributed by atoms with Crippen LogP contribution in [0.4, 0.5) is 34.4 Å². The Morgan fingerprint density at radius 1 is 0.385 bits per heavy atom. The molecule has 702 valence electrons. The van der Waals surface area contributed by atoms with Crippen LogP contribution in [0, 0.1) is 0 Å². The van der Waals surface area contributed by atoms with Crippen LogP contribution in [-0.2, 0) is 96.7 Å². The maximum atomic E-state index is 14.1. The van der Waals surface area contributed by atoms with Crippen LogP contribution in [0.3, 0.4) is 0 Å². The van der Waals surface area contributed by atoms with Crippen molar-refractivity contribution in [1.82, 2.24) is 15.0 Å². The Kier molecular flexibility index (Phi) is 35.3. The van der Waals surface area contributed by atoms with E-state index in [9.17, 15) is 151 Å². The van der Waals surface area contributed by atoms with Crippen LogP contribution in [0.2, 0.25) is 0 Å². The van der Waals surface area contributed by atoms with E-state index in [1.807, 2.05) is 0 Å². The second-order valence-electron chi connectivity index (χ2n) is 30.3. The Hall–Kier alpha value is -4.40. The predicted octanol–water partition coefficient (Wildman–Crippen LogP) is -22.2. The van der Waals surface area contributed by atoms with E-state index in [4.69, 9.17) is 76.8 Å². The van der Waals surface area contributed by atoms with Crippen LogP contribution in [-0.4, -0.2) is 429 Å². The topological polar surface area (TPSA) is 853 Å². The van der Waals surface area contributed by atoms with Crippen molar-refractivity contribution in [2.45, 2.75) is 230 Å². The molecule has 27 rings (SSSR count). The summed E-state index contributed by atoms with van der Waals surface area (Å²) in [5.41, 5.74) is 0.554. The standard InChI is InChI=1S/C71H89N7O46S3.3Na/c72-38-35(127(107,108)109)12-26(36-37(38)40(86)24-4-2-1-3-23(24)39(36)85)73-21-7-10-25(34(11-21)126(104,105)106)75-70-76-69(74-20-5-8-22(9-6-20)125(101,102)103)77-71(78-70)110-19-33-61-47(93)54(100)68(117-33)123-60-32(18-84)115-66(52(98)45(60)91)121-58-30(16-82)113-64(50(96)43(58)89)119-56-28(14-80)111-62(48(94)41(56)87)118-55-27(13-79)112-63(49(95)42(55)88)120-57-29(15-81)114-65(51(97)44(57)90)122-59-31(17-83)116-67(124-61)53(99)46(59)92;;;/h1-12,27-33,41-68,73,79-84,87-100H,13-19,72H2,(H,101,102,103)(H,104,105,106)(H,107,108,109)(H2,74,75,76,77,78);;;/q;3*+1/p-3/t27-,28-,29-,30-,31-,32-,33-,41-,42-,43-,44-,45-,46-,47-,48-,49-,50-,51-,52-,53-,54-,55-,56-,57-,58-,59-,60-,61-,62-,63-,64-,65-,66-,67-,68-;;;/m1.../s1. The molecule has 22 aliphatic rings. The van der Waals surface area contributed by atoms with Gasteiger partial charge < -0.3 is 203 Å². The molecular formula is C71H86N7Na3O46S3. The fourth-order valence-corrected chi connectivity index (χ4v) is 17.4. The van der Waals surface area contributed by atoms with Gasteiger partial charge in [-0.25, -0.2) is 30.2 Å². The van der Waals surface area contributed by atoms with Crippen LogP contribution in [0.5, 0.6) is 6.01 Å². The van der Waals surface area contributed by atoms with Gasteiger partial charge in [0, 0.05) is 22.5 Å². The smallest absolute Gasteiger partial charge is 0.744 e. The fraction of sp³-hybridized carbons (Fsp3) is 0.592. The summed E-state index contributed by atoms with van der Waals surface area (Å²) < 4.78 is 202. The van der Waals surface area contributed by atoms with Crippen molar-refractivity contribution in [2.24, 2.45) is 4.99 Å². The van der Waals surface area contributed by atoms with Gasteiger partial charge in [-0.1, -0.05) is 24.3 Å². The van der Waals surface area contributed by atoms with Crippen molar-refractivity contribution in [3.8, 4) is 6.01 Å². The van der Waals surface area contributed by atoms with E-state index in [1.165, 1.54) is 24.3 Å². The normalized spacial score (nSPS) is 38.1. The summed E-state index contributed by atoms with van der Waals surface area (Å²) in [7, 11) is -16.4. The molecule has 21 fully saturated rings. The molecule has 1 aliphatic carbocycles. The molecule has 0 radical (unpaired) electrons. The molecule has 130 heavy (non-hydrogen) atoms. The quantitative estimate of drug-likeness (QED) is 0.0229. The first-order chi connectivity index (χ1) is 60.1. The Balaban J connectivity index is 0.00000544. The number of nitrogens with one attached hydrogen (secondary N) is 3. The fourth-order valence-electron chi connectivity index (χ4n) is 15.7. The van der Waals surface area contributed by atoms with Crippen LogP contribution in [0.1, 0.15) is 31.8 Å². The van der Waals surface area contributed by atoms with Crippen molar-refractivity contribution in [1.29, 1.82) is 0 Å². The molecule has 25 N–H and O–H groups in total. The van der Waals surface area contributed by atoms with Crippen LogP contribution in [0.15, 0.2) is 92.5 Å². The Bertz CT molecular complexity index is 5220. The molecule has 0 spiro atoms. The zero-order valence-electron chi connectivity index (χ0n) is 67.8. The SMILES string of the molecule is Nc1c(S(=O)(=O)[O-])cc(Nc2ccc(N=c3nc(Nc4ccc(S(=O)(=O)[O-])cc4)nc(OC[C@H]4O[C@@H]5O[C@H]6[C@H](O)[C@@H](O)[C@@H](O[C@H]7[C@H](O)[C@@H](O)[C@@H](O[C@H]8[C@H](O)[C@@H](O)[C@@H](O[C@H]9[C@H](O)[C@@H](O)[C@@H](O[C@H]%10[C@H](O)[C@@H](O)[C@@H](O[C@H]%11[C@H](O)[C@@H](O)[C@@H](O[C@H]4[C@H](O)[C@H]5O)O[C@@H]%11CO)O[C@@H]%10CO)O[C@@H]9CO)O[C@@H]8CO)O[C@@H]7CO)O[C@@H]6CO)[nH]3)c(S(=O)(=O)[O-])c2)c2c1C(=O)c1ccccc1C2=O.[Na+].[Na+].[Na+]. The molecule has 35 atom stereocenters. The summed E-state index contributed by atoms with van der Waals surface area (Å²) in [6.07, 6.45) is -77.4. The number of carbonyl (C=O) groups is 2. The van der Waals surface area contributed by atoms with Crippen LogP contribution in [0.25, 0.3) is 0 Å². The molecule has 53 nitrogen and oxygen atoms in total. The summed E-state index contributed by atoms with van der Waals surface area (Å²) in [6.45, 7) is -8.31. The summed E-state index contributed by atoms with van der Waals surface area (Å²) in [4.78, 5) is 39.9. The number of nitrogens with two attached hydrogens (primary N) is 1. The van der Waals surface area contributed by atoms with Gasteiger partial charge in [0.15, 0.2) is 55.6 Å². The molecule has 21 saturated heterocycles. The largest absolute Gasteiger partial charge is 1.00 e. The van der Waals surface area contributed by atoms with Gasteiger partial charge in [-0.2, -0.15) is 9.97 Å². The number of carbonyl (C=O) groups excluding carboxylic acids is 2. The number of anilines is 5. The summed E-state index contributed by atoms with van der Waals surface area (Å²) >= 11 is 0. The zero-order chi connectivity index (χ0) is 91.8. The van der Waals surface area contributed by atoms with E-state index in [1.54, 1.807) is 0 Å². The number of hydrogen-bond acceptors (Lipinski definition) is 52. The van der Waals surface area contributed by atoms with Gasteiger partial charge >= 0.3 is 88.7 Å². The number of hydrogen-bond donors (Lipinski definition) is 24. The average Bonchev–Trinajstić information content (AvgIpc) is 0.727. The number of ether oxygens (including phenoxy) is 15. The van der Waals surface area contributed by atoms with Crippen LogP contribution >= 0.6 is 0 Å². The molecule has 0 saturated carbocycles. The van der Waals surface area contributed by atoms with Gasteiger partial charge in [-0.05, 0) is 48.5 Å². The van der Waals surface area contributed by atoms with Gasteiger partial charge in [0.05, 0.1) is 82.5 Å². The average molecular weight is 1940 g/mol. The number of nitrogens with zero attached hydrogens (tertiary/aromatic N) is 3. The third-order valence-electron chi connectivity index (χ3n) is 22.2. The molecule has 0 unspecified atom stereocenters. The van der Waals surface area contributed by atoms with Gasteiger partial charge in [0.2, 0.25) is 11.6 Å². The summed E-state index contributed by atoms with van der Waals surface area (Å²) in [5.74, 6) is -2.61. The minimum atomic E-state index is -5.79. The molecule has 21 aliphatic heterocycles. The molecule has 5 aromatic rings. The number of rotatable bonds is 17. The predicted molar refractivity (Wildman–Crippen MR) is 396 cm³/mol. The monoisotopic (exact) mass is 1940 g/mol. The Morgan fingerprint density at radius 3 is 1.02 bits per heavy atom. The minimum Gasteiger partial charge on any atom is -0.744 e. The second-order valence-corrected chi connectivity index (χ2v) is 34.4. The van der Waals surface area contributed by atoms with Crippen molar-refractivity contribution >= 4 is 76.3 Å². The van der Waals surface area contributed by atoms with Crippen molar-refractivity contribution in [3.63, 3.8) is 0 Å². The van der Waals surface area contributed by atoms with E-state index in [0.717, 1.165) is 36.4 Å². The molecule has 59 heteroatoms. The minimum absolute atomic E-state index is 0. The van der Waals surface area contributed by atoms with Gasteiger partial charge in [-0.3, -0.25) is 14.6 Å². The van der Waals surface area contributed by atoms with Gasteiger partial charge in [-0.15, -0.1) is 0 Å². The number of nitrogen functional groups attached to an aromatic ring is 1. The third kappa shape index (κ3) is 21.7. The summed E-state index contributed by atoms with van der Waals surface area (Å²) in [5, 5.41) is 234. The Morgan fingerprint density at radius 2 is 0.700 bits per heavy atom. The van der Waals surface area contributed by atoms with E-state index in [-0.39, 0.29) is 105 Å². The first kappa shape index (κ1) is 106. The number of aromatic nitrogens is 3. The first-order valence-corrected chi connectivity index (χ1v) is 42.6. The van der Waals surface area contributed by atoms with Gasteiger partial charge in [0.1, 0.15) is 208 Å². The van der Waals surface area contributed by atoms with Crippen molar-refractivity contribution in [2.75, 3.05) is 62.6 Å². The molecule has 14 bridgehead atoms. The van der Waals surface area contributed by atoms with Gasteiger partial charge in [0.25, 0.3) is 6.01 Å². The number of fused-ring (bicyclic) bond motifs is 2. The van der Waals surface area contributed by atoms with Crippen LogP contribution < -0.4 is 115 Å². The molecule has 22 heterocycles. The second kappa shape index (κ2) is 43.3. The van der Waals surface area contributed by atoms with Crippen molar-refractivity contribution in [3.05, 3.63) is 101 Å². The van der Waals surface area contributed by atoms with E-state index in [0.29, 0.717) is 12.1 Å². The molecule has 1 aromatic heterocycles. The van der Waals surface area contributed by atoms with Crippen molar-refractivity contribution < 1.29 is 310 Å². The number of aliphatic hydroxyl groups excluding tert-OH is 20. The van der Waals surface area contributed by atoms with E-state index < -0.39 is 369 Å². The third-order valence-corrected chi connectivity index (χ3v) is 24.8. The number of aliphatic hydroxyl groups is 20. The number of benzene rings is 4. The van der Waals surface area contributed by atoms with E-state index in [2.05, 4.69) is 30.6 Å². The molecule has 4 aromatic carbocycles. The number of H-pyrrole nitrogens is 1. The first-order valence-electron chi connectivity index (χ1n) is 38.4. The zero-order valence-corrected chi connectivity index (χ0v) is 76.2. The summed E-state index contributed by atoms with van der Waals surface area (Å²) in [6, 6.07) is 11.1. The number of ketones is 2. The maximum Gasteiger partial charge on any atom is 1.00 e. The van der Waals surface area contributed by atoms with E-state index >= 15 is 0 Å². The molecule has 0 amide bonds. The Labute approximate surface area is 799 Å².